The van der Waals surface area contributed by atoms with Crippen LogP contribution in [0.2, 0.25) is 0 Å². The average molecular weight is 336 g/mol. The van der Waals surface area contributed by atoms with Crippen LogP contribution in [0.1, 0.15) is 13.8 Å². The molecule has 24 heavy (non-hydrogen) atoms. The molecule has 9 heteroatoms. The normalized spacial score (nSPS) is 11.4. The molecular weight excluding hydrogens is 312 g/mol. The lowest BCUT2D eigenvalue weighted by molar-refractivity contribution is -0.121. The van der Waals surface area contributed by atoms with Gasteiger partial charge in [0.05, 0.1) is 6.33 Å². The Morgan fingerprint density at radius 1 is 1.25 bits per heavy atom. The summed E-state index contributed by atoms with van der Waals surface area (Å²) in [5.41, 5.74) is -0.448. The van der Waals surface area contributed by atoms with Gasteiger partial charge < -0.3 is 14.8 Å². The lowest BCUT2D eigenvalue weighted by atomic mass is 10.4. The zero-order chi connectivity index (χ0) is 17.9. The van der Waals surface area contributed by atoms with Gasteiger partial charge in [-0.2, -0.15) is 0 Å². The summed E-state index contributed by atoms with van der Waals surface area (Å²) in [5, 5.41) is 2.75. The fraction of sp³-hybridized carbons (Fsp3) is 0.600. The molecule has 0 aromatic carbocycles. The van der Waals surface area contributed by atoms with Crippen molar-refractivity contribution in [1.82, 2.24) is 28.9 Å². The molecule has 0 atom stereocenters. The van der Waals surface area contributed by atoms with Gasteiger partial charge in [0.2, 0.25) is 5.91 Å². The first kappa shape index (κ1) is 17.9. The Morgan fingerprint density at radius 3 is 2.54 bits per heavy atom. The minimum Gasteiger partial charge on any atom is -0.353 e. The van der Waals surface area contributed by atoms with Crippen molar-refractivity contribution >= 4 is 17.1 Å². The Hall–Kier alpha value is -2.42. The number of hydrogen-bond donors (Lipinski definition) is 1. The maximum absolute atomic E-state index is 12.5. The summed E-state index contributed by atoms with van der Waals surface area (Å²) >= 11 is 0. The minimum absolute atomic E-state index is 0.299. The SMILES string of the molecule is CCN(CC)CCNC(=O)Cn1c(=O)c2c(ncn2C)n(C)c1=O. The number of aryl methyl sites for hydroxylation is 2. The molecule has 0 aliphatic heterocycles. The van der Waals surface area contributed by atoms with Crippen LogP contribution in [-0.4, -0.2) is 55.7 Å². The van der Waals surface area contributed by atoms with E-state index in [4.69, 9.17) is 0 Å². The van der Waals surface area contributed by atoms with Crippen molar-refractivity contribution in [3.63, 3.8) is 0 Å². The van der Waals surface area contributed by atoms with E-state index in [1.54, 1.807) is 11.6 Å². The van der Waals surface area contributed by atoms with Crippen molar-refractivity contribution in [2.24, 2.45) is 14.1 Å². The quantitative estimate of drug-likeness (QED) is 0.692. The van der Waals surface area contributed by atoms with E-state index in [1.165, 1.54) is 17.9 Å². The molecule has 0 saturated heterocycles. The summed E-state index contributed by atoms with van der Waals surface area (Å²) in [7, 11) is 3.21. The first-order chi connectivity index (χ1) is 11.4. The van der Waals surface area contributed by atoms with Crippen molar-refractivity contribution < 1.29 is 4.79 Å². The van der Waals surface area contributed by atoms with Crippen molar-refractivity contribution in [2.45, 2.75) is 20.4 Å². The molecule has 2 heterocycles. The zero-order valence-corrected chi connectivity index (χ0v) is 14.6. The monoisotopic (exact) mass is 336 g/mol. The number of nitrogens with one attached hydrogen (secondary N) is 1. The van der Waals surface area contributed by atoms with Gasteiger partial charge in [-0.3, -0.25) is 14.2 Å². The highest BCUT2D eigenvalue weighted by Crippen LogP contribution is 2.02. The van der Waals surface area contributed by atoms with Crippen LogP contribution in [-0.2, 0) is 25.4 Å². The van der Waals surface area contributed by atoms with E-state index < -0.39 is 11.2 Å². The molecule has 0 radical (unpaired) electrons. The molecule has 0 aliphatic carbocycles. The number of rotatable bonds is 7. The first-order valence-corrected chi connectivity index (χ1v) is 8.00. The molecular formula is C15H24N6O3. The number of amides is 1. The molecule has 2 aromatic heterocycles. The standard InChI is InChI=1S/C15H24N6O3/c1-5-20(6-2)8-7-16-11(22)9-21-14(23)12-13(17-10-18(12)3)19(4)15(21)24/h10H,5-9H2,1-4H3,(H,16,22). The molecule has 0 unspecified atom stereocenters. The van der Waals surface area contributed by atoms with Crippen LogP contribution >= 0.6 is 0 Å². The topological polar surface area (TPSA) is 94.2 Å². The van der Waals surface area contributed by atoms with Crippen LogP contribution in [0.4, 0.5) is 0 Å². The van der Waals surface area contributed by atoms with E-state index in [-0.39, 0.29) is 12.5 Å². The number of carbonyl (C=O) groups is 1. The highest BCUT2D eigenvalue weighted by Gasteiger charge is 2.16. The predicted molar refractivity (Wildman–Crippen MR) is 91.0 cm³/mol. The van der Waals surface area contributed by atoms with Crippen LogP contribution in [0.25, 0.3) is 11.2 Å². The molecule has 0 aliphatic rings. The number of aromatic nitrogens is 4. The highest BCUT2D eigenvalue weighted by molar-refractivity contribution is 5.76. The Kier molecular flexibility index (Phi) is 5.55. The molecule has 2 rings (SSSR count). The molecule has 0 fully saturated rings. The average Bonchev–Trinajstić information content (AvgIpc) is 2.95. The number of imidazole rings is 1. The second-order valence-corrected chi connectivity index (χ2v) is 5.64. The summed E-state index contributed by atoms with van der Waals surface area (Å²) in [6.07, 6.45) is 1.47. The fourth-order valence-electron chi connectivity index (χ4n) is 2.63. The van der Waals surface area contributed by atoms with Gasteiger partial charge in [-0.1, -0.05) is 13.8 Å². The molecule has 9 nitrogen and oxygen atoms in total. The Bertz CT molecular complexity index is 843. The third-order valence-corrected chi connectivity index (χ3v) is 4.15. The summed E-state index contributed by atoms with van der Waals surface area (Å²) in [5.74, 6) is -0.358. The third kappa shape index (κ3) is 3.40. The van der Waals surface area contributed by atoms with Gasteiger partial charge >= 0.3 is 5.69 Å². The smallest absolute Gasteiger partial charge is 0.332 e. The summed E-state index contributed by atoms with van der Waals surface area (Å²) < 4.78 is 3.77. The van der Waals surface area contributed by atoms with Gasteiger partial charge in [-0.05, 0) is 13.1 Å². The van der Waals surface area contributed by atoms with Crippen LogP contribution in [0.5, 0.6) is 0 Å². The number of likely N-dealkylation sites (N-methyl/N-ethyl adjacent to an activating group) is 1. The molecule has 132 valence electrons. The van der Waals surface area contributed by atoms with Crippen molar-refractivity contribution in [3.8, 4) is 0 Å². The highest BCUT2D eigenvalue weighted by atomic mass is 16.2. The van der Waals surface area contributed by atoms with Crippen molar-refractivity contribution in [1.29, 1.82) is 0 Å². The lowest BCUT2D eigenvalue weighted by Gasteiger charge is -2.18. The van der Waals surface area contributed by atoms with E-state index in [0.29, 0.717) is 17.7 Å². The Labute approximate surface area is 139 Å². The van der Waals surface area contributed by atoms with Crippen LogP contribution in [0.3, 0.4) is 0 Å². The van der Waals surface area contributed by atoms with Gasteiger partial charge in [0.15, 0.2) is 11.2 Å². The zero-order valence-electron chi connectivity index (χ0n) is 14.6. The second-order valence-electron chi connectivity index (χ2n) is 5.64. The second kappa shape index (κ2) is 7.43. The van der Waals surface area contributed by atoms with E-state index in [1.807, 2.05) is 0 Å². The summed E-state index contributed by atoms with van der Waals surface area (Å²) in [4.78, 5) is 43.1. The first-order valence-electron chi connectivity index (χ1n) is 8.00. The molecule has 1 N–H and O–H groups in total. The van der Waals surface area contributed by atoms with Crippen molar-refractivity contribution in [3.05, 3.63) is 27.2 Å². The van der Waals surface area contributed by atoms with Gasteiger partial charge in [0.1, 0.15) is 6.54 Å². The number of hydrogen-bond acceptors (Lipinski definition) is 5. The third-order valence-electron chi connectivity index (χ3n) is 4.15. The maximum atomic E-state index is 12.5. The lowest BCUT2D eigenvalue weighted by Crippen LogP contribution is -2.44. The summed E-state index contributed by atoms with van der Waals surface area (Å²) in [6.45, 7) is 6.82. The minimum atomic E-state index is -0.551. The maximum Gasteiger partial charge on any atom is 0.332 e. The van der Waals surface area contributed by atoms with Crippen LogP contribution in [0, 0.1) is 0 Å². The van der Waals surface area contributed by atoms with Gasteiger partial charge in [-0.15, -0.1) is 0 Å². The fourth-order valence-corrected chi connectivity index (χ4v) is 2.63. The molecule has 0 spiro atoms. The molecule has 0 saturated carbocycles. The number of fused-ring (bicyclic) bond motifs is 1. The van der Waals surface area contributed by atoms with E-state index in [0.717, 1.165) is 24.2 Å². The van der Waals surface area contributed by atoms with Crippen LogP contribution < -0.4 is 16.6 Å². The predicted octanol–water partition coefficient (Wildman–Crippen LogP) is -1.11. The van der Waals surface area contributed by atoms with Gasteiger partial charge in [0.25, 0.3) is 5.56 Å². The number of nitrogens with zero attached hydrogens (tertiary/aromatic N) is 5. The van der Waals surface area contributed by atoms with Gasteiger partial charge in [0, 0.05) is 27.2 Å². The molecule has 0 bridgehead atoms. The largest absolute Gasteiger partial charge is 0.353 e. The molecule has 1 amide bonds. The van der Waals surface area contributed by atoms with E-state index >= 15 is 0 Å². The molecule has 2 aromatic rings. The van der Waals surface area contributed by atoms with Crippen molar-refractivity contribution in [2.75, 3.05) is 26.2 Å². The number of carbonyl (C=O) groups excluding carboxylic acids is 1. The Morgan fingerprint density at radius 2 is 1.92 bits per heavy atom. The van der Waals surface area contributed by atoms with E-state index in [9.17, 15) is 14.4 Å². The van der Waals surface area contributed by atoms with Gasteiger partial charge in [-0.25, -0.2) is 14.3 Å². The van der Waals surface area contributed by atoms with E-state index in [2.05, 4.69) is 29.0 Å². The summed E-state index contributed by atoms with van der Waals surface area (Å²) in [6, 6.07) is 0. The van der Waals surface area contributed by atoms with Crippen LogP contribution in [0.15, 0.2) is 15.9 Å². The Balaban J connectivity index is 2.18.